The van der Waals surface area contributed by atoms with Gasteiger partial charge >= 0.3 is 0 Å². The lowest BCUT2D eigenvalue weighted by Gasteiger charge is -2.30. The van der Waals surface area contributed by atoms with Gasteiger partial charge < -0.3 is 13.9 Å². The number of anilines is 3. The van der Waals surface area contributed by atoms with E-state index in [1.807, 2.05) is 0 Å². The number of rotatable bonds is 8. The Morgan fingerprint density at radius 2 is 0.873 bits per heavy atom. The molecular weight excluding hydrogens is 861 g/mol. The number of fused-ring (bicyclic) bond motifs is 9. The van der Waals surface area contributed by atoms with E-state index in [9.17, 15) is 0 Å². The van der Waals surface area contributed by atoms with Crippen LogP contribution in [0.1, 0.15) is 0 Å². The van der Waals surface area contributed by atoms with Crippen molar-refractivity contribution in [1.82, 2.24) is 4.57 Å². The van der Waals surface area contributed by atoms with Crippen molar-refractivity contribution >= 4 is 82.4 Å². The van der Waals surface area contributed by atoms with Crippen LogP contribution < -0.4 is 4.90 Å². The van der Waals surface area contributed by atoms with E-state index in [1.165, 1.54) is 49.1 Å². The van der Waals surface area contributed by atoms with Gasteiger partial charge in [0.25, 0.3) is 0 Å². The van der Waals surface area contributed by atoms with Gasteiger partial charge in [-0.3, -0.25) is 0 Å². The predicted molar refractivity (Wildman–Crippen MR) is 299 cm³/mol. The van der Waals surface area contributed by atoms with E-state index in [-0.39, 0.29) is 0 Å². The molecule has 12 aromatic carbocycles. The minimum absolute atomic E-state index is 0.877. The molecule has 3 nitrogen and oxygen atoms in total. The van der Waals surface area contributed by atoms with Gasteiger partial charge in [0.2, 0.25) is 0 Å². The summed E-state index contributed by atoms with van der Waals surface area (Å²) in [5.74, 6) is 0. The number of nitrogens with zero attached hydrogens (tertiary/aromatic N) is 2. The standard InChI is InChI=1S/C68H44N2O/c1-2-16-47(17-3-1)61-43-50(55-28-15-20-46-18-4-6-23-54(46)55)35-40-66(61)69(63-29-11-8-24-56(63)51-36-41-67-62(44-51)60-39-34-48-19-5-7-25-57(48)68(60)71-67)52-37-32-45(33-38-52)49-21-14-22-53(42-49)70-64-30-12-9-26-58(64)59-27-10-13-31-65(59)70/h1-44H. The van der Waals surface area contributed by atoms with Crippen LogP contribution in [0, 0.1) is 0 Å². The van der Waals surface area contributed by atoms with Crippen molar-refractivity contribution in [3.63, 3.8) is 0 Å². The lowest BCUT2D eigenvalue weighted by molar-refractivity contribution is 0.672. The fourth-order valence-electron chi connectivity index (χ4n) is 11.0. The molecule has 14 rings (SSSR count). The number of aromatic nitrogens is 1. The van der Waals surface area contributed by atoms with E-state index >= 15 is 0 Å². The summed E-state index contributed by atoms with van der Waals surface area (Å²) in [5, 5.41) is 9.47. The maximum atomic E-state index is 6.61. The highest BCUT2D eigenvalue weighted by molar-refractivity contribution is 6.16. The van der Waals surface area contributed by atoms with Gasteiger partial charge in [0.05, 0.1) is 22.4 Å². The van der Waals surface area contributed by atoms with Crippen LogP contribution in [0.3, 0.4) is 0 Å². The van der Waals surface area contributed by atoms with Gasteiger partial charge in [0.15, 0.2) is 0 Å². The molecule has 0 saturated heterocycles. The van der Waals surface area contributed by atoms with Crippen LogP contribution >= 0.6 is 0 Å². The molecule has 0 aliphatic carbocycles. The van der Waals surface area contributed by atoms with Crippen LogP contribution in [0.15, 0.2) is 271 Å². The molecule has 0 aliphatic heterocycles. The molecule has 0 unspecified atom stereocenters. The van der Waals surface area contributed by atoms with Gasteiger partial charge in [-0.1, -0.05) is 194 Å². The normalized spacial score (nSPS) is 11.7. The Balaban J connectivity index is 0.950. The Hall–Kier alpha value is -9.44. The molecule has 0 radical (unpaired) electrons. The van der Waals surface area contributed by atoms with Crippen molar-refractivity contribution in [3.8, 4) is 50.2 Å². The molecule has 14 aromatic rings. The van der Waals surface area contributed by atoms with Gasteiger partial charge in [-0.05, 0) is 122 Å². The van der Waals surface area contributed by atoms with Crippen molar-refractivity contribution in [3.05, 3.63) is 267 Å². The molecule has 3 heteroatoms. The number of hydrogen-bond acceptors (Lipinski definition) is 2. The summed E-state index contributed by atoms with van der Waals surface area (Å²) >= 11 is 0. The van der Waals surface area contributed by atoms with Gasteiger partial charge in [0, 0.05) is 49.4 Å². The summed E-state index contributed by atoms with van der Waals surface area (Å²) in [6.45, 7) is 0. The highest BCUT2D eigenvalue weighted by Crippen LogP contribution is 2.48. The Morgan fingerprint density at radius 3 is 1.68 bits per heavy atom. The van der Waals surface area contributed by atoms with Crippen molar-refractivity contribution in [2.45, 2.75) is 0 Å². The monoisotopic (exact) mass is 904 g/mol. The Morgan fingerprint density at radius 1 is 0.296 bits per heavy atom. The van der Waals surface area contributed by atoms with Crippen LogP contribution in [0.4, 0.5) is 17.1 Å². The van der Waals surface area contributed by atoms with Crippen LogP contribution in [0.5, 0.6) is 0 Å². The number of hydrogen-bond donors (Lipinski definition) is 0. The summed E-state index contributed by atoms with van der Waals surface area (Å²) in [6.07, 6.45) is 0. The minimum Gasteiger partial charge on any atom is -0.455 e. The first-order valence-electron chi connectivity index (χ1n) is 24.3. The smallest absolute Gasteiger partial charge is 0.143 e. The Bertz CT molecular complexity index is 4290. The minimum atomic E-state index is 0.877. The molecule has 0 N–H and O–H groups in total. The zero-order valence-corrected chi connectivity index (χ0v) is 38.7. The molecule has 0 aliphatic rings. The average Bonchev–Trinajstić information content (AvgIpc) is 4.00. The first kappa shape index (κ1) is 40.6. The molecule has 0 saturated carbocycles. The highest BCUT2D eigenvalue weighted by Gasteiger charge is 2.23. The van der Waals surface area contributed by atoms with Crippen molar-refractivity contribution < 1.29 is 4.42 Å². The molecular formula is C68H44N2O. The molecule has 0 atom stereocenters. The van der Waals surface area contributed by atoms with Gasteiger partial charge in [-0.25, -0.2) is 0 Å². The zero-order valence-electron chi connectivity index (χ0n) is 38.7. The lowest BCUT2D eigenvalue weighted by Crippen LogP contribution is -2.12. The van der Waals surface area contributed by atoms with Crippen LogP contribution in [-0.4, -0.2) is 4.57 Å². The predicted octanol–water partition coefficient (Wildman–Crippen LogP) is 19.1. The van der Waals surface area contributed by atoms with E-state index in [1.54, 1.807) is 0 Å². The molecule has 0 amide bonds. The maximum Gasteiger partial charge on any atom is 0.143 e. The van der Waals surface area contributed by atoms with E-state index in [2.05, 4.69) is 276 Å². The van der Waals surface area contributed by atoms with Crippen LogP contribution in [0.25, 0.3) is 115 Å². The van der Waals surface area contributed by atoms with Crippen LogP contribution in [0.2, 0.25) is 0 Å². The second-order valence-corrected chi connectivity index (χ2v) is 18.4. The summed E-state index contributed by atoms with van der Waals surface area (Å²) in [7, 11) is 0. The summed E-state index contributed by atoms with van der Waals surface area (Å²) in [4.78, 5) is 2.45. The largest absolute Gasteiger partial charge is 0.455 e. The topological polar surface area (TPSA) is 21.3 Å². The summed E-state index contributed by atoms with van der Waals surface area (Å²) < 4.78 is 9.00. The van der Waals surface area contributed by atoms with Crippen molar-refractivity contribution in [2.75, 3.05) is 4.90 Å². The van der Waals surface area contributed by atoms with E-state index in [0.29, 0.717) is 0 Å². The fourth-order valence-corrected chi connectivity index (χ4v) is 11.0. The third kappa shape index (κ3) is 6.82. The number of benzene rings is 12. The fraction of sp³-hybridized carbons (Fsp3) is 0. The van der Waals surface area contributed by atoms with Crippen molar-refractivity contribution in [2.24, 2.45) is 0 Å². The average molecular weight is 905 g/mol. The summed E-state index contributed by atoms with van der Waals surface area (Å²) in [5.41, 5.74) is 17.7. The van der Waals surface area contributed by atoms with Gasteiger partial charge in [-0.2, -0.15) is 0 Å². The second kappa shape index (κ2) is 16.7. The third-order valence-electron chi connectivity index (χ3n) is 14.4. The quantitative estimate of drug-likeness (QED) is 0.151. The Kier molecular flexibility index (Phi) is 9.53. The molecule has 2 heterocycles. The zero-order chi connectivity index (χ0) is 46.8. The van der Waals surface area contributed by atoms with E-state index in [0.717, 1.165) is 83.5 Å². The first-order chi connectivity index (χ1) is 35.2. The third-order valence-corrected chi connectivity index (χ3v) is 14.4. The highest BCUT2D eigenvalue weighted by atomic mass is 16.3. The van der Waals surface area contributed by atoms with Crippen LogP contribution in [-0.2, 0) is 0 Å². The second-order valence-electron chi connectivity index (χ2n) is 18.4. The molecule has 71 heavy (non-hydrogen) atoms. The van der Waals surface area contributed by atoms with E-state index in [4.69, 9.17) is 4.42 Å². The number of furan rings is 1. The first-order valence-corrected chi connectivity index (χ1v) is 24.3. The van der Waals surface area contributed by atoms with Crippen molar-refractivity contribution in [1.29, 1.82) is 0 Å². The van der Waals surface area contributed by atoms with E-state index < -0.39 is 0 Å². The molecule has 0 spiro atoms. The molecule has 332 valence electrons. The SMILES string of the molecule is c1ccc(-c2cc(-c3cccc4ccccc34)ccc2N(c2ccc(-c3cccc(-n4c5ccccc5c5ccccc54)c3)cc2)c2ccccc2-c2ccc3oc4c5ccccc5ccc4c3c2)cc1. The lowest BCUT2D eigenvalue weighted by atomic mass is 9.93. The molecule has 0 fully saturated rings. The van der Waals surface area contributed by atoms with Gasteiger partial charge in [-0.15, -0.1) is 0 Å². The Labute approximate surface area is 411 Å². The summed E-state index contributed by atoms with van der Waals surface area (Å²) in [6, 6.07) is 96.9. The molecule has 2 aromatic heterocycles. The van der Waals surface area contributed by atoms with Gasteiger partial charge in [0.1, 0.15) is 11.2 Å². The number of para-hydroxylation sites is 3. The maximum absolute atomic E-state index is 6.61. The molecule has 0 bridgehead atoms.